The van der Waals surface area contributed by atoms with Crippen molar-refractivity contribution in [2.45, 2.75) is 32.9 Å². The highest BCUT2D eigenvalue weighted by atomic mass is 16.5. The van der Waals surface area contributed by atoms with E-state index in [1.165, 1.54) is 5.39 Å². The minimum atomic E-state index is -0.293. The third-order valence-electron chi connectivity index (χ3n) is 4.15. The van der Waals surface area contributed by atoms with Crippen molar-refractivity contribution in [1.29, 1.82) is 0 Å². The molecule has 140 valence electrons. The van der Waals surface area contributed by atoms with Crippen LogP contribution in [0.15, 0.2) is 60.7 Å². The van der Waals surface area contributed by atoms with Crippen LogP contribution in [0, 0.1) is 0 Å². The van der Waals surface area contributed by atoms with Gasteiger partial charge in [0.2, 0.25) is 0 Å². The summed E-state index contributed by atoms with van der Waals surface area (Å²) in [6.45, 7) is 6.19. The van der Waals surface area contributed by atoms with Crippen LogP contribution in [0.3, 0.4) is 0 Å². The molecule has 0 unspecified atom stereocenters. The van der Waals surface area contributed by atoms with E-state index < -0.39 is 0 Å². The molecule has 0 aliphatic rings. The maximum Gasteiger partial charge on any atom is 0.251 e. The first-order valence-electron chi connectivity index (χ1n) is 8.97. The summed E-state index contributed by atoms with van der Waals surface area (Å²) in [6, 6.07) is 19.5. The average molecular weight is 363 g/mol. The summed E-state index contributed by atoms with van der Waals surface area (Å²) in [5.74, 6) is 1.36. The van der Waals surface area contributed by atoms with E-state index in [4.69, 9.17) is 9.47 Å². The van der Waals surface area contributed by atoms with Crippen LogP contribution in [-0.4, -0.2) is 18.6 Å². The summed E-state index contributed by atoms with van der Waals surface area (Å²) in [5, 5.41) is 5.27. The second kappa shape index (κ2) is 7.70. The van der Waals surface area contributed by atoms with Gasteiger partial charge in [-0.2, -0.15) is 0 Å². The predicted octanol–water partition coefficient (Wildman–Crippen LogP) is 4.96. The van der Waals surface area contributed by atoms with Gasteiger partial charge in [0.15, 0.2) is 0 Å². The maximum absolute atomic E-state index is 12.4. The SMILES string of the molecule is COc1ccc(C(=O)NC(C)(C)C)cc1COc1ccc2ccccc2c1. The Morgan fingerprint density at radius 2 is 1.70 bits per heavy atom. The molecule has 0 fully saturated rings. The largest absolute Gasteiger partial charge is 0.496 e. The summed E-state index contributed by atoms with van der Waals surface area (Å²) >= 11 is 0. The fraction of sp³-hybridized carbons (Fsp3) is 0.261. The first-order chi connectivity index (χ1) is 12.9. The molecule has 1 amide bonds. The number of nitrogens with one attached hydrogen (secondary N) is 1. The van der Waals surface area contributed by atoms with Crippen LogP contribution < -0.4 is 14.8 Å². The summed E-state index contributed by atoms with van der Waals surface area (Å²) < 4.78 is 11.4. The number of fused-ring (bicyclic) bond motifs is 1. The zero-order chi connectivity index (χ0) is 19.4. The number of rotatable bonds is 5. The van der Waals surface area contributed by atoms with Gasteiger partial charge in [-0.3, -0.25) is 4.79 Å². The van der Waals surface area contributed by atoms with Gasteiger partial charge in [-0.05, 0) is 61.9 Å². The molecule has 3 aromatic rings. The lowest BCUT2D eigenvalue weighted by Crippen LogP contribution is -2.40. The highest BCUT2D eigenvalue weighted by molar-refractivity contribution is 5.95. The van der Waals surface area contributed by atoms with Crippen LogP contribution in [0.4, 0.5) is 0 Å². The lowest BCUT2D eigenvalue weighted by Gasteiger charge is -2.21. The Hall–Kier alpha value is -3.01. The minimum Gasteiger partial charge on any atom is -0.496 e. The third-order valence-corrected chi connectivity index (χ3v) is 4.15. The van der Waals surface area contributed by atoms with Crippen molar-refractivity contribution in [3.05, 3.63) is 71.8 Å². The van der Waals surface area contributed by atoms with Crippen molar-refractivity contribution in [3.63, 3.8) is 0 Å². The van der Waals surface area contributed by atoms with Gasteiger partial charge < -0.3 is 14.8 Å². The standard InChI is InChI=1S/C23H25NO3/c1-23(2,3)24-22(25)18-10-12-21(26-4)19(13-18)15-27-20-11-9-16-7-5-6-8-17(16)14-20/h5-14H,15H2,1-4H3,(H,24,25). The Kier molecular flexibility index (Phi) is 5.36. The van der Waals surface area contributed by atoms with Crippen LogP contribution in [0.25, 0.3) is 10.8 Å². The zero-order valence-electron chi connectivity index (χ0n) is 16.2. The average Bonchev–Trinajstić information content (AvgIpc) is 2.64. The number of methoxy groups -OCH3 is 1. The van der Waals surface area contributed by atoms with Crippen molar-refractivity contribution in [2.24, 2.45) is 0 Å². The molecule has 0 bridgehead atoms. The molecule has 0 saturated heterocycles. The van der Waals surface area contributed by atoms with Gasteiger partial charge in [-0.1, -0.05) is 30.3 Å². The second-order valence-electron chi connectivity index (χ2n) is 7.53. The van der Waals surface area contributed by atoms with Crippen molar-refractivity contribution in [2.75, 3.05) is 7.11 Å². The van der Waals surface area contributed by atoms with Crippen LogP contribution in [0.2, 0.25) is 0 Å². The molecule has 0 saturated carbocycles. The van der Waals surface area contributed by atoms with Gasteiger partial charge >= 0.3 is 0 Å². The lowest BCUT2D eigenvalue weighted by atomic mass is 10.1. The quantitative estimate of drug-likeness (QED) is 0.697. The predicted molar refractivity (Wildman–Crippen MR) is 108 cm³/mol. The molecule has 3 rings (SSSR count). The summed E-state index contributed by atoms with van der Waals surface area (Å²) in [6.07, 6.45) is 0. The summed E-state index contributed by atoms with van der Waals surface area (Å²) in [7, 11) is 1.61. The fourth-order valence-electron chi connectivity index (χ4n) is 2.86. The molecular formula is C23H25NO3. The van der Waals surface area contributed by atoms with Crippen molar-refractivity contribution in [3.8, 4) is 11.5 Å². The smallest absolute Gasteiger partial charge is 0.251 e. The molecule has 0 spiro atoms. The van der Waals surface area contributed by atoms with E-state index in [9.17, 15) is 4.79 Å². The number of hydrogen-bond donors (Lipinski definition) is 1. The Balaban J connectivity index is 1.79. The van der Waals surface area contributed by atoms with Gasteiger partial charge in [-0.25, -0.2) is 0 Å². The summed E-state index contributed by atoms with van der Waals surface area (Å²) in [5.41, 5.74) is 1.12. The zero-order valence-corrected chi connectivity index (χ0v) is 16.2. The minimum absolute atomic E-state index is 0.114. The Morgan fingerprint density at radius 1 is 0.963 bits per heavy atom. The van der Waals surface area contributed by atoms with E-state index in [1.807, 2.05) is 57.2 Å². The molecule has 27 heavy (non-hydrogen) atoms. The van der Waals surface area contributed by atoms with Gasteiger partial charge in [0.1, 0.15) is 18.1 Å². The first kappa shape index (κ1) is 18.8. The van der Waals surface area contributed by atoms with Gasteiger partial charge in [0.25, 0.3) is 5.91 Å². The molecule has 0 aromatic heterocycles. The molecule has 0 aliphatic carbocycles. The highest BCUT2D eigenvalue weighted by Crippen LogP contribution is 2.25. The molecule has 0 atom stereocenters. The fourth-order valence-corrected chi connectivity index (χ4v) is 2.86. The topological polar surface area (TPSA) is 47.6 Å². The number of hydrogen-bond acceptors (Lipinski definition) is 3. The van der Waals surface area contributed by atoms with Gasteiger partial charge in [-0.15, -0.1) is 0 Å². The number of amides is 1. The van der Waals surface area contributed by atoms with E-state index in [1.54, 1.807) is 19.2 Å². The second-order valence-corrected chi connectivity index (χ2v) is 7.53. The Labute approximate surface area is 160 Å². The lowest BCUT2D eigenvalue weighted by molar-refractivity contribution is 0.0919. The molecule has 1 N–H and O–H groups in total. The number of benzene rings is 3. The molecule has 4 heteroatoms. The van der Waals surface area contributed by atoms with Gasteiger partial charge in [0, 0.05) is 16.7 Å². The number of carbonyl (C=O) groups excluding carboxylic acids is 1. The Morgan fingerprint density at radius 3 is 2.41 bits per heavy atom. The van der Waals surface area contributed by atoms with Crippen LogP contribution >= 0.6 is 0 Å². The number of carbonyl (C=O) groups is 1. The van der Waals surface area contributed by atoms with Crippen molar-refractivity contribution < 1.29 is 14.3 Å². The van der Waals surface area contributed by atoms with E-state index >= 15 is 0 Å². The van der Waals surface area contributed by atoms with E-state index in [-0.39, 0.29) is 11.4 Å². The maximum atomic E-state index is 12.4. The van der Waals surface area contributed by atoms with E-state index in [0.717, 1.165) is 16.7 Å². The van der Waals surface area contributed by atoms with Crippen LogP contribution in [0.5, 0.6) is 11.5 Å². The normalized spacial score (nSPS) is 11.3. The van der Waals surface area contributed by atoms with Crippen LogP contribution in [0.1, 0.15) is 36.7 Å². The molecule has 3 aromatic carbocycles. The van der Waals surface area contributed by atoms with E-state index in [2.05, 4.69) is 17.4 Å². The highest BCUT2D eigenvalue weighted by Gasteiger charge is 2.17. The molecule has 0 aliphatic heterocycles. The van der Waals surface area contributed by atoms with E-state index in [0.29, 0.717) is 17.9 Å². The van der Waals surface area contributed by atoms with Crippen LogP contribution in [-0.2, 0) is 6.61 Å². The molecule has 0 heterocycles. The summed E-state index contributed by atoms with van der Waals surface area (Å²) in [4.78, 5) is 12.4. The Bertz CT molecular complexity index is 957. The van der Waals surface area contributed by atoms with Crippen molar-refractivity contribution in [1.82, 2.24) is 5.32 Å². The molecule has 4 nitrogen and oxygen atoms in total. The molecule has 0 radical (unpaired) electrons. The third kappa shape index (κ3) is 4.79. The first-order valence-corrected chi connectivity index (χ1v) is 8.97. The monoisotopic (exact) mass is 363 g/mol. The van der Waals surface area contributed by atoms with Gasteiger partial charge in [0.05, 0.1) is 7.11 Å². The van der Waals surface area contributed by atoms with Crippen molar-refractivity contribution >= 4 is 16.7 Å². The number of ether oxygens (including phenoxy) is 2. The molecular weight excluding hydrogens is 338 g/mol.